The molecule has 0 radical (unpaired) electrons. The maximum absolute atomic E-state index is 13.6. The van der Waals surface area contributed by atoms with Crippen LogP contribution in [0, 0.1) is 5.82 Å². The number of hydrogen-bond donors (Lipinski definition) is 1. The highest BCUT2D eigenvalue weighted by Crippen LogP contribution is 2.19. The SMILES string of the molecule is CCCOC(=O)c1ccc(NS(=O)(=O)c2ccccc2F)cc1. The van der Waals surface area contributed by atoms with Gasteiger partial charge in [-0.15, -0.1) is 0 Å². The lowest BCUT2D eigenvalue weighted by Gasteiger charge is -2.09. The van der Waals surface area contributed by atoms with Crippen molar-refractivity contribution in [1.29, 1.82) is 0 Å². The summed E-state index contributed by atoms with van der Waals surface area (Å²) in [6.45, 7) is 2.20. The summed E-state index contributed by atoms with van der Waals surface area (Å²) < 4.78 is 45.1. The standard InChI is InChI=1S/C16H16FNO4S/c1-2-11-22-16(19)12-7-9-13(10-8-12)18-23(20,21)15-6-4-3-5-14(15)17/h3-10,18H,2,11H2,1H3. The zero-order valence-electron chi connectivity index (χ0n) is 12.5. The van der Waals surface area contributed by atoms with E-state index >= 15 is 0 Å². The Kier molecular flexibility index (Phi) is 5.33. The Bertz CT molecular complexity index is 788. The molecular formula is C16H16FNO4S. The molecule has 2 rings (SSSR count). The molecule has 0 unspecified atom stereocenters. The van der Waals surface area contributed by atoms with E-state index < -0.39 is 26.7 Å². The molecule has 7 heteroatoms. The molecule has 122 valence electrons. The lowest BCUT2D eigenvalue weighted by atomic mass is 10.2. The molecule has 0 heterocycles. The molecule has 0 aliphatic rings. The second kappa shape index (κ2) is 7.23. The van der Waals surface area contributed by atoms with Crippen LogP contribution in [0.15, 0.2) is 53.4 Å². The van der Waals surface area contributed by atoms with Gasteiger partial charge >= 0.3 is 5.97 Å². The highest BCUT2D eigenvalue weighted by Gasteiger charge is 2.18. The van der Waals surface area contributed by atoms with E-state index in [0.29, 0.717) is 18.6 Å². The highest BCUT2D eigenvalue weighted by molar-refractivity contribution is 7.92. The summed E-state index contributed by atoms with van der Waals surface area (Å²) >= 11 is 0. The lowest BCUT2D eigenvalue weighted by molar-refractivity contribution is 0.0505. The first kappa shape index (κ1) is 17.0. The fraction of sp³-hybridized carbons (Fsp3) is 0.188. The van der Waals surface area contributed by atoms with Gasteiger partial charge in [0.25, 0.3) is 10.0 Å². The second-order valence-electron chi connectivity index (χ2n) is 4.75. The van der Waals surface area contributed by atoms with E-state index in [0.717, 1.165) is 6.07 Å². The van der Waals surface area contributed by atoms with Crippen molar-refractivity contribution in [2.24, 2.45) is 0 Å². The monoisotopic (exact) mass is 337 g/mol. The third-order valence-electron chi connectivity index (χ3n) is 2.94. The summed E-state index contributed by atoms with van der Waals surface area (Å²) in [6.07, 6.45) is 0.715. The van der Waals surface area contributed by atoms with Gasteiger partial charge in [-0.25, -0.2) is 17.6 Å². The Morgan fingerprint density at radius 1 is 1.13 bits per heavy atom. The number of sulfonamides is 1. The van der Waals surface area contributed by atoms with Crippen LogP contribution in [-0.4, -0.2) is 21.0 Å². The van der Waals surface area contributed by atoms with Crippen LogP contribution in [-0.2, 0) is 14.8 Å². The fourth-order valence-corrected chi connectivity index (χ4v) is 2.96. The van der Waals surface area contributed by atoms with Crippen molar-refractivity contribution in [3.05, 3.63) is 59.9 Å². The summed E-state index contributed by atoms with van der Waals surface area (Å²) in [7, 11) is -4.03. The second-order valence-corrected chi connectivity index (χ2v) is 6.40. The summed E-state index contributed by atoms with van der Waals surface area (Å²) in [5.41, 5.74) is 0.535. The predicted molar refractivity (Wildman–Crippen MR) is 84.2 cm³/mol. The average molecular weight is 337 g/mol. The third kappa shape index (κ3) is 4.29. The number of anilines is 1. The van der Waals surface area contributed by atoms with Crippen molar-refractivity contribution in [1.82, 2.24) is 0 Å². The van der Waals surface area contributed by atoms with Crippen LogP contribution in [0.1, 0.15) is 23.7 Å². The molecule has 0 fully saturated rings. The molecule has 0 bridgehead atoms. The largest absolute Gasteiger partial charge is 0.462 e. The number of nitrogens with one attached hydrogen (secondary N) is 1. The molecule has 23 heavy (non-hydrogen) atoms. The Morgan fingerprint density at radius 2 is 1.78 bits per heavy atom. The molecule has 0 spiro atoms. The fourth-order valence-electron chi connectivity index (χ4n) is 1.83. The molecule has 2 aromatic carbocycles. The molecule has 0 atom stereocenters. The Balaban J connectivity index is 2.15. The van der Waals surface area contributed by atoms with Crippen LogP contribution in [0.3, 0.4) is 0 Å². The van der Waals surface area contributed by atoms with E-state index in [1.165, 1.54) is 42.5 Å². The van der Waals surface area contributed by atoms with Gasteiger partial charge in [0, 0.05) is 5.69 Å². The molecular weight excluding hydrogens is 321 g/mol. The van der Waals surface area contributed by atoms with Crippen LogP contribution in [0.5, 0.6) is 0 Å². The van der Waals surface area contributed by atoms with Gasteiger partial charge in [-0.1, -0.05) is 19.1 Å². The number of hydrogen-bond acceptors (Lipinski definition) is 4. The van der Waals surface area contributed by atoms with E-state index in [1.54, 1.807) is 0 Å². The molecule has 0 saturated heterocycles. The predicted octanol–water partition coefficient (Wildman–Crippen LogP) is 3.19. The van der Waals surface area contributed by atoms with Crippen molar-refractivity contribution in [3.63, 3.8) is 0 Å². The minimum atomic E-state index is -4.03. The van der Waals surface area contributed by atoms with Crippen molar-refractivity contribution >= 4 is 21.7 Å². The van der Waals surface area contributed by atoms with Crippen molar-refractivity contribution in [3.8, 4) is 0 Å². The molecule has 0 aliphatic heterocycles. The van der Waals surface area contributed by atoms with E-state index in [4.69, 9.17) is 4.74 Å². The van der Waals surface area contributed by atoms with E-state index in [1.807, 2.05) is 6.92 Å². The maximum atomic E-state index is 13.6. The van der Waals surface area contributed by atoms with Gasteiger partial charge < -0.3 is 4.74 Å². The number of halogens is 1. The summed E-state index contributed by atoms with van der Waals surface area (Å²) in [5, 5.41) is 0. The molecule has 1 N–H and O–H groups in total. The summed E-state index contributed by atoms with van der Waals surface area (Å²) in [6, 6.07) is 10.8. The first-order valence-electron chi connectivity index (χ1n) is 6.98. The van der Waals surface area contributed by atoms with E-state index in [9.17, 15) is 17.6 Å². The number of benzene rings is 2. The molecule has 0 aliphatic carbocycles. The Hall–Kier alpha value is -2.41. The van der Waals surface area contributed by atoms with Gasteiger partial charge in [0.15, 0.2) is 0 Å². The van der Waals surface area contributed by atoms with E-state index in [2.05, 4.69) is 4.72 Å². The highest BCUT2D eigenvalue weighted by atomic mass is 32.2. The smallest absolute Gasteiger partial charge is 0.338 e. The van der Waals surface area contributed by atoms with Crippen LogP contribution in [0.4, 0.5) is 10.1 Å². The Labute approximate surface area is 134 Å². The number of esters is 1. The first-order chi connectivity index (χ1) is 10.9. The molecule has 5 nitrogen and oxygen atoms in total. The third-order valence-corrected chi connectivity index (χ3v) is 4.35. The topological polar surface area (TPSA) is 72.5 Å². The van der Waals surface area contributed by atoms with Gasteiger partial charge in [-0.2, -0.15) is 0 Å². The molecule has 0 amide bonds. The first-order valence-corrected chi connectivity index (χ1v) is 8.47. The van der Waals surface area contributed by atoms with Crippen molar-refractivity contribution in [2.75, 3.05) is 11.3 Å². The van der Waals surface area contributed by atoms with Gasteiger partial charge in [-0.05, 0) is 42.8 Å². The minimum Gasteiger partial charge on any atom is -0.462 e. The summed E-state index contributed by atoms with van der Waals surface area (Å²) in [5.74, 6) is -1.31. The molecule has 0 aromatic heterocycles. The van der Waals surface area contributed by atoms with Gasteiger partial charge in [0.05, 0.1) is 12.2 Å². The molecule has 2 aromatic rings. The van der Waals surface area contributed by atoms with Gasteiger partial charge in [0.2, 0.25) is 0 Å². The zero-order chi connectivity index (χ0) is 16.9. The normalized spacial score (nSPS) is 11.0. The van der Waals surface area contributed by atoms with Crippen molar-refractivity contribution < 1.29 is 22.3 Å². The van der Waals surface area contributed by atoms with Crippen LogP contribution < -0.4 is 4.72 Å². The lowest BCUT2D eigenvalue weighted by Crippen LogP contribution is -2.14. The van der Waals surface area contributed by atoms with Gasteiger partial charge in [0.1, 0.15) is 10.7 Å². The average Bonchev–Trinajstić information content (AvgIpc) is 2.53. The quantitative estimate of drug-likeness (QED) is 0.822. The van der Waals surface area contributed by atoms with Crippen LogP contribution in [0.25, 0.3) is 0 Å². The molecule has 0 saturated carbocycles. The number of ether oxygens (including phenoxy) is 1. The Morgan fingerprint density at radius 3 is 2.39 bits per heavy atom. The van der Waals surface area contributed by atoms with E-state index in [-0.39, 0.29) is 5.69 Å². The minimum absolute atomic E-state index is 0.222. The van der Waals surface area contributed by atoms with Crippen LogP contribution >= 0.6 is 0 Å². The van der Waals surface area contributed by atoms with Crippen molar-refractivity contribution in [2.45, 2.75) is 18.2 Å². The number of rotatable bonds is 6. The van der Waals surface area contributed by atoms with Crippen LogP contribution in [0.2, 0.25) is 0 Å². The zero-order valence-corrected chi connectivity index (χ0v) is 13.3. The number of carbonyl (C=O) groups excluding carboxylic acids is 1. The number of carbonyl (C=O) groups is 1. The van der Waals surface area contributed by atoms with Gasteiger partial charge in [-0.3, -0.25) is 4.72 Å². The maximum Gasteiger partial charge on any atom is 0.338 e. The summed E-state index contributed by atoms with van der Waals surface area (Å²) in [4.78, 5) is 11.2.